The summed E-state index contributed by atoms with van der Waals surface area (Å²) in [5.41, 5.74) is 1.54. The number of hydrogen-bond donors (Lipinski definition) is 0. The van der Waals surface area contributed by atoms with Gasteiger partial charge in [0.25, 0.3) is 0 Å². The highest BCUT2D eigenvalue weighted by Gasteiger charge is 2.11. The van der Waals surface area contributed by atoms with E-state index in [1.54, 1.807) is 24.4 Å². The molecule has 124 valence electrons. The average Bonchev–Trinajstić information content (AvgIpc) is 2.66. The predicted octanol–water partition coefficient (Wildman–Crippen LogP) is 3.02. The SMILES string of the molecule is O=C(C=Cc1ccc2c(c1)OCCO2)Oc1ccc2cncnc2c1. The first-order chi connectivity index (χ1) is 12.3. The Morgan fingerprint density at radius 2 is 1.96 bits per heavy atom. The van der Waals surface area contributed by atoms with Gasteiger partial charge in [-0.1, -0.05) is 6.07 Å². The number of benzene rings is 2. The summed E-state index contributed by atoms with van der Waals surface area (Å²) in [6.07, 6.45) is 6.20. The van der Waals surface area contributed by atoms with Crippen molar-refractivity contribution >= 4 is 22.9 Å². The fourth-order valence-electron chi connectivity index (χ4n) is 2.50. The van der Waals surface area contributed by atoms with E-state index < -0.39 is 5.97 Å². The normalized spacial score (nSPS) is 13.1. The van der Waals surface area contributed by atoms with E-state index in [-0.39, 0.29) is 0 Å². The highest BCUT2D eigenvalue weighted by Crippen LogP contribution is 2.31. The van der Waals surface area contributed by atoms with Gasteiger partial charge in [0.15, 0.2) is 11.5 Å². The molecule has 0 saturated heterocycles. The van der Waals surface area contributed by atoms with E-state index >= 15 is 0 Å². The lowest BCUT2D eigenvalue weighted by molar-refractivity contribution is -0.128. The van der Waals surface area contributed by atoms with Crippen LogP contribution in [0.25, 0.3) is 17.0 Å². The lowest BCUT2D eigenvalue weighted by Gasteiger charge is -2.18. The second kappa shape index (κ2) is 6.60. The van der Waals surface area contributed by atoms with E-state index in [0.717, 1.165) is 16.5 Å². The van der Waals surface area contributed by atoms with Crippen LogP contribution in [0.15, 0.2) is 55.0 Å². The predicted molar refractivity (Wildman–Crippen MR) is 91.6 cm³/mol. The van der Waals surface area contributed by atoms with Gasteiger partial charge in [-0.05, 0) is 35.9 Å². The fourth-order valence-corrected chi connectivity index (χ4v) is 2.50. The molecule has 3 aromatic rings. The van der Waals surface area contributed by atoms with Crippen LogP contribution in [0, 0.1) is 0 Å². The first kappa shape index (κ1) is 15.1. The summed E-state index contributed by atoms with van der Waals surface area (Å²) < 4.78 is 16.3. The molecule has 0 bridgehead atoms. The van der Waals surface area contributed by atoms with E-state index in [0.29, 0.717) is 30.5 Å². The van der Waals surface area contributed by atoms with Gasteiger partial charge in [0.1, 0.15) is 25.3 Å². The summed E-state index contributed by atoms with van der Waals surface area (Å²) in [6.45, 7) is 1.07. The van der Waals surface area contributed by atoms with Gasteiger partial charge < -0.3 is 14.2 Å². The molecule has 6 nitrogen and oxygen atoms in total. The van der Waals surface area contributed by atoms with Crippen molar-refractivity contribution in [3.63, 3.8) is 0 Å². The molecule has 4 rings (SSSR count). The average molecular weight is 334 g/mol. The molecule has 0 amide bonds. The van der Waals surface area contributed by atoms with Gasteiger partial charge in [-0.15, -0.1) is 0 Å². The van der Waals surface area contributed by atoms with Crippen molar-refractivity contribution in [1.82, 2.24) is 9.97 Å². The number of esters is 1. The van der Waals surface area contributed by atoms with Crippen molar-refractivity contribution < 1.29 is 19.0 Å². The number of carbonyl (C=O) groups is 1. The van der Waals surface area contributed by atoms with E-state index in [2.05, 4.69) is 9.97 Å². The summed E-state index contributed by atoms with van der Waals surface area (Å²) in [5, 5.41) is 0.883. The first-order valence-corrected chi connectivity index (χ1v) is 7.77. The van der Waals surface area contributed by atoms with Crippen LogP contribution in [0.1, 0.15) is 5.56 Å². The Morgan fingerprint density at radius 3 is 2.88 bits per heavy atom. The number of nitrogens with zero attached hydrogens (tertiary/aromatic N) is 2. The Labute approximate surface area is 143 Å². The molecule has 0 N–H and O–H groups in total. The number of aromatic nitrogens is 2. The van der Waals surface area contributed by atoms with Crippen molar-refractivity contribution in [3.05, 3.63) is 60.6 Å². The quantitative estimate of drug-likeness (QED) is 0.416. The van der Waals surface area contributed by atoms with Gasteiger partial charge in [-0.3, -0.25) is 0 Å². The van der Waals surface area contributed by atoms with Crippen LogP contribution in [0.5, 0.6) is 17.2 Å². The summed E-state index contributed by atoms with van der Waals surface area (Å²) in [6, 6.07) is 10.7. The third-order valence-corrected chi connectivity index (χ3v) is 3.68. The van der Waals surface area contributed by atoms with Crippen LogP contribution in [0.3, 0.4) is 0 Å². The minimum atomic E-state index is -0.469. The monoisotopic (exact) mass is 334 g/mol. The van der Waals surface area contributed by atoms with Crippen LogP contribution in [0.2, 0.25) is 0 Å². The molecule has 0 saturated carbocycles. The molecule has 25 heavy (non-hydrogen) atoms. The molecule has 6 heteroatoms. The highest BCUT2D eigenvalue weighted by molar-refractivity contribution is 5.89. The van der Waals surface area contributed by atoms with Crippen LogP contribution >= 0.6 is 0 Å². The van der Waals surface area contributed by atoms with Crippen LogP contribution in [-0.4, -0.2) is 29.2 Å². The van der Waals surface area contributed by atoms with Crippen molar-refractivity contribution in [2.45, 2.75) is 0 Å². The summed E-state index contributed by atoms with van der Waals surface area (Å²) in [5.74, 6) is 1.35. The zero-order valence-corrected chi connectivity index (χ0v) is 13.2. The Morgan fingerprint density at radius 1 is 1.08 bits per heavy atom. The Hall–Kier alpha value is -3.41. The van der Waals surface area contributed by atoms with Crippen LogP contribution in [-0.2, 0) is 4.79 Å². The minimum Gasteiger partial charge on any atom is -0.486 e. The standard InChI is InChI=1S/C19H14N2O4/c22-19(25-15-4-3-14-11-20-12-21-16(14)10-15)6-2-13-1-5-17-18(9-13)24-8-7-23-17/h1-6,9-12H,7-8H2. The van der Waals surface area contributed by atoms with Crippen molar-refractivity contribution in [1.29, 1.82) is 0 Å². The molecule has 0 atom stereocenters. The smallest absolute Gasteiger partial charge is 0.336 e. The third-order valence-electron chi connectivity index (χ3n) is 3.68. The molecule has 0 spiro atoms. The van der Waals surface area contributed by atoms with Gasteiger partial charge in [0.05, 0.1) is 5.52 Å². The molecule has 1 aliphatic heterocycles. The molecule has 1 aliphatic rings. The molecule has 2 aromatic carbocycles. The Balaban J connectivity index is 1.46. The lowest BCUT2D eigenvalue weighted by Crippen LogP contribution is -2.15. The highest BCUT2D eigenvalue weighted by atomic mass is 16.6. The molecule has 2 heterocycles. The molecule has 0 aliphatic carbocycles. The van der Waals surface area contributed by atoms with E-state index in [4.69, 9.17) is 14.2 Å². The van der Waals surface area contributed by atoms with Gasteiger partial charge in [0.2, 0.25) is 0 Å². The molecule has 0 unspecified atom stereocenters. The fraction of sp³-hybridized carbons (Fsp3) is 0.105. The van der Waals surface area contributed by atoms with Gasteiger partial charge in [0, 0.05) is 23.7 Å². The van der Waals surface area contributed by atoms with Crippen molar-refractivity contribution in [2.24, 2.45) is 0 Å². The second-order valence-electron chi connectivity index (χ2n) is 5.40. The molecule has 1 aromatic heterocycles. The van der Waals surface area contributed by atoms with E-state index in [1.807, 2.05) is 24.3 Å². The van der Waals surface area contributed by atoms with Gasteiger partial charge >= 0.3 is 5.97 Å². The number of fused-ring (bicyclic) bond motifs is 2. The second-order valence-corrected chi connectivity index (χ2v) is 5.40. The first-order valence-electron chi connectivity index (χ1n) is 7.77. The third kappa shape index (κ3) is 3.42. The lowest BCUT2D eigenvalue weighted by atomic mass is 10.2. The number of carbonyl (C=O) groups excluding carboxylic acids is 1. The molecule has 0 radical (unpaired) electrons. The maximum Gasteiger partial charge on any atom is 0.336 e. The summed E-state index contributed by atoms with van der Waals surface area (Å²) >= 11 is 0. The maximum absolute atomic E-state index is 12.0. The van der Waals surface area contributed by atoms with Crippen LogP contribution in [0.4, 0.5) is 0 Å². The Bertz CT molecular complexity index is 969. The van der Waals surface area contributed by atoms with Gasteiger partial charge in [-0.2, -0.15) is 0 Å². The zero-order valence-electron chi connectivity index (χ0n) is 13.2. The summed E-state index contributed by atoms with van der Waals surface area (Å²) in [4.78, 5) is 20.1. The number of hydrogen-bond acceptors (Lipinski definition) is 6. The molecule has 0 fully saturated rings. The number of ether oxygens (including phenoxy) is 3. The maximum atomic E-state index is 12.0. The topological polar surface area (TPSA) is 70.5 Å². The van der Waals surface area contributed by atoms with Gasteiger partial charge in [-0.25, -0.2) is 14.8 Å². The van der Waals surface area contributed by atoms with E-state index in [1.165, 1.54) is 12.4 Å². The Kier molecular flexibility index (Phi) is 4.00. The molecular formula is C19H14N2O4. The van der Waals surface area contributed by atoms with Crippen LogP contribution < -0.4 is 14.2 Å². The number of rotatable bonds is 3. The summed E-state index contributed by atoms with van der Waals surface area (Å²) in [7, 11) is 0. The van der Waals surface area contributed by atoms with Crippen molar-refractivity contribution in [2.75, 3.05) is 13.2 Å². The minimum absolute atomic E-state index is 0.433. The largest absolute Gasteiger partial charge is 0.486 e. The van der Waals surface area contributed by atoms with E-state index in [9.17, 15) is 4.79 Å². The molecular weight excluding hydrogens is 320 g/mol. The zero-order chi connectivity index (χ0) is 17.1. The van der Waals surface area contributed by atoms with Crippen molar-refractivity contribution in [3.8, 4) is 17.2 Å².